The Labute approximate surface area is 158 Å². The van der Waals surface area contributed by atoms with Gasteiger partial charge in [0.25, 0.3) is 0 Å². The van der Waals surface area contributed by atoms with Crippen molar-refractivity contribution < 1.29 is 4.79 Å². The summed E-state index contributed by atoms with van der Waals surface area (Å²) in [6.07, 6.45) is 5.87. The minimum atomic E-state index is 0.0624. The highest BCUT2D eigenvalue weighted by Gasteiger charge is 2.28. The van der Waals surface area contributed by atoms with Gasteiger partial charge in [-0.05, 0) is 56.1 Å². The average Bonchev–Trinajstić information content (AvgIpc) is 3.44. The van der Waals surface area contributed by atoms with E-state index in [4.69, 9.17) is 0 Å². The molecule has 0 unspecified atom stereocenters. The van der Waals surface area contributed by atoms with Crippen LogP contribution < -0.4 is 0 Å². The number of tetrazole rings is 1. The van der Waals surface area contributed by atoms with Crippen molar-refractivity contribution in [2.75, 3.05) is 26.2 Å². The Morgan fingerprint density at radius 2 is 1.93 bits per heavy atom. The van der Waals surface area contributed by atoms with Gasteiger partial charge >= 0.3 is 0 Å². The zero-order valence-electron chi connectivity index (χ0n) is 15.9. The number of rotatable bonds is 6. The molecule has 0 aromatic carbocycles. The second-order valence-electron chi connectivity index (χ2n) is 7.36. The average molecular weight is 373 g/mol. The van der Waals surface area contributed by atoms with Crippen LogP contribution in [0.4, 0.5) is 0 Å². The zero-order valence-corrected chi connectivity index (χ0v) is 15.9. The van der Waals surface area contributed by atoms with Gasteiger partial charge in [0, 0.05) is 25.6 Å². The van der Waals surface area contributed by atoms with Crippen molar-refractivity contribution in [1.82, 2.24) is 44.8 Å². The van der Waals surface area contributed by atoms with E-state index in [0.717, 1.165) is 63.8 Å². The number of nitrogens with zero attached hydrogens (tertiary/aromatic N) is 9. The zero-order chi connectivity index (χ0) is 18.6. The third-order valence-corrected chi connectivity index (χ3v) is 5.64. The number of aromatic nitrogens is 7. The van der Waals surface area contributed by atoms with Crippen LogP contribution in [0.1, 0.15) is 50.2 Å². The third kappa shape index (κ3) is 4.00. The van der Waals surface area contributed by atoms with Crippen LogP contribution in [0.5, 0.6) is 0 Å². The van der Waals surface area contributed by atoms with Gasteiger partial charge in [-0.1, -0.05) is 0 Å². The fraction of sp³-hybridized carbons (Fsp3) is 0.765. The summed E-state index contributed by atoms with van der Waals surface area (Å²) in [7, 11) is 0. The van der Waals surface area contributed by atoms with Gasteiger partial charge in [0.2, 0.25) is 5.91 Å². The topological polar surface area (TPSA) is 97.9 Å². The predicted octanol–water partition coefficient (Wildman–Crippen LogP) is 0.287. The Morgan fingerprint density at radius 1 is 1.15 bits per heavy atom. The monoisotopic (exact) mass is 373 g/mol. The van der Waals surface area contributed by atoms with E-state index in [-0.39, 0.29) is 12.5 Å². The Hall–Kier alpha value is -2.36. The molecule has 0 radical (unpaired) electrons. The summed E-state index contributed by atoms with van der Waals surface area (Å²) in [5.74, 6) is 2.58. The molecule has 4 rings (SSSR count). The molecule has 0 spiro atoms. The minimum Gasteiger partial charge on any atom is -0.341 e. The van der Waals surface area contributed by atoms with Gasteiger partial charge in [-0.25, -0.2) is 4.68 Å². The first-order chi connectivity index (χ1) is 13.2. The second kappa shape index (κ2) is 8.12. The van der Waals surface area contributed by atoms with Gasteiger partial charge in [-0.15, -0.1) is 15.3 Å². The molecule has 2 fully saturated rings. The van der Waals surface area contributed by atoms with Gasteiger partial charge in [-0.3, -0.25) is 9.69 Å². The van der Waals surface area contributed by atoms with Crippen LogP contribution in [0, 0.1) is 0 Å². The van der Waals surface area contributed by atoms with Crippen molar-refractivity contribution >= 4 is 5.91 Å². The molecule has 0 bridgehead atoms. The smallest absolute Gasteiger partial charge is 0.244 e. The van der Waals surface area contributed by atoms with Crippen molar-refractivity contribution in [3.63, 3.8) is 0 Å². The number of carbonyl (C=O) groups is 1. The van der Waals surface area contributed by atoms with Crippen LogP contribution in [-0.4, -0.2) is 76.9 Å². The van der Waals surface area contributed by atoms with E-state index in [9.17, 15) is 4.79 Å². The number of carbonyl (C=O) groups excluding carboxylic acids is 1. The van der Waals surface area contributed by atoms with Crippen molar-refractivity contribution in [2.45, 2.75) is 58.2 Å². The van der Waals surface area contributed by atoms with Crippen LogP contribution in [0.15, 0.2) is 6.33 Å². The molecule has 0 aliphatic carbocycles. The van der Waals surface area contributed by atoms with Crippen LogP contribution in [0.2, 0.25) is 0 Å². The SMILES string of the molecule is CCn1c(CN2CCCC2)nnc1C1CCN(C(=O)Cn2cnnn2)CC1. The standard InChI is InChI=1S/C17H27N9O/c1-2-26-15(11-23-7-3-4-8-23)19-20-17(26)14-5-9-24(10-6-14)16(27)12-25-13-18-21-22-25/h13-14H,2-12H2,1H3. The maximum absolute atomic E-state index is 12.4. The second-order valence-corrected chi connectivity index (χ2v) is 7.36. The number of likely N-dealkylation sites (tertiary alicyclic amines) is 2. The minimum absolute atomic E-state index is 0.0624. The van der Waals surface area contributed by atoms with Gasteiger partial charge in [0.15, 0.2) is 0 Å². The fourth-order valence-electron chi connectivity index (χ4n) is 4.13. The maximum Gasteiger partial charge on any atom is 0.244 e. The largest absolute Gasteiger partial charge is 0.341 e. The highest BCUT2D eigenvalue weighted by Crippen LogP contribution is 2.28. The summed E-state index contributed by atoms with van der Waals surface area (Å²) in [5, 5.41) is 19.9. The van der Waals surface area contributed by atoms with Crippen LogP contribution in [0.25, 0.3) is 0 Å². The first kappa shape index (κ1) is 18.0. The van der Waals surface area contributed by atoms with E-state index in [0.29, 0.717) is 5.92 Å². The molecule has 4 heterocycles. The molecule has 2 aliphatic rings. The van der Waals surface area contributed by atoms with Crippen LogP contribution in [-0.2, 0) is 24.4 Å². The molecule has 0 atom stereocenters. The van der Waals surface area contributed by atoms with Gasteiger partial charge < -0.3 is 9.47 Å². The molecule has 27 heavy (non-hydrogen) atoms. The van der Waals surface area contributed by atoms with E-state index >= 15 is 0 Å². The van der Waals surface area contributed by atoms with Crippen LogP contribution in [0.3, 0.4) is 0 Å². The maximum atomic E-state index is 12.4. The lowest BCUT2D eigenvalue weighted by molar-refractivity contribution is -0.133. The van der Waals surface area contributed by atoms with Gasteiger partial charge in [0.1, 0.15) is 24.5 Å². The molecule has 0 saturated carbocycles. The van der Waals surface area contributed by atoms with E-state index in [1.54, 1.807) is 0 Å². The Bertz CT molecular complexity index is 743. The quantitative estimate of drug-likeness (QED) is 0.717. The number of piperidine rings is 1. The third-order valence-electron chi connectivity index (χ3n) is 5.64. The van der Waals surface area contributed by atoms with Gasteiger partial charge in [0.05, 0.1) is 6.54 Å². The summed E-state index contributed by atoms with van der Waals surface area (Å²) in [5.41, 5.74) is 0. The molecule has 2 saturated heterocycles. The predicted molar refractivity (Wildman–Crippen MR) is 96.6 cm³/mol. The molecule has 146 valence electrons. The summed E-state index contributed by atoms with van der Waals surface area (Å²) >= 11 is 0. The van der Waals surface area contributed by atoms with E-state index in [2.05, 4.69) is 42.1 Å². The molecule has 10 nitrogen and oxygen atoms in total. The van der Waals surface area contributed by atoms with Crippen molar-refractivity contribution in [3.05, 3.63) is 18.0 Å². The summed E-state index contributed by atoms with van der Waals surface area (Å²) in [6.45, 7) is 7.94. The van der Waals surface area contributed by atoms with Crippen LogP contribution >= 0.6 is 0 Å². The lowest BCUT2D eigenvalue weighted by atomic mass is 9.95. The molecular formula is C17H27N9O. The Morgan fingerprint density at radius 3 is 2.59 bits per heavy atom. The first-order valence-corrected chi connectivity index (χ1v) is 9.87. The molecule has 2 aromatic rings. The molecule has 2 aliphatic heterocycles. The summed E-state index contributed by atoms with van der Waals surface area (Å²) in [4.78, 5) is 16.8. The number of hydrogen-bond donors (Lipinski definition) is 0. The lowest BCUT2D eigenvalue weighted by Gasteiger charge is -2.31. The van der Waals surface area contributed by atoms with Gasteiger partial charge in [-0.2, -0.15) is 0 Å². The first-order valence-electron chi connectivity index (χ1n) is 9.87. The molecule has 0 N–H and O–H groups in total. The van der Waals surface area contributed by atoms with E-state index in [1.807, 2.05) is 4.90 Å². The fourth-order valence-corrected chi connectivity index (χ4v) is 4.13. The number of amides is 1. The molecule has 10 heteroatoms. The van der Waals surface area contributed by atoms with Crippen molar-refractivity contribution in [3.8, 4) is 0 Å². The van der Waals surface area contributed by atoms with Crippen molar-refractivity contribution in [1.29, 1.82) is 0 Å². The highest BCUT2D eigenvalue weighted by molar-refractivity contribution is 5.75. The normalized spacial score (nSPS) is 19.1. The lowest BCUT2D eigenvalue weighted by Crippen LogP contribution is -2.40. The molecule has 1 amide bonds. The molecule has 2 aromatic heterocycles. The Kier molecular flexibility index (Phi) is 5.42. The molecular weight excluding hydrogens is 346 g/mol. The highest BCUT2D eigenvalue weighted by atomic mass is 16.2. The van der Waals surface area contributed by atoms with E-state index in [1.165, 1.54) is 23.9 Å². The summed E-state index contributed by atoms with van der Waals surface area (Å²) < 4.78 is 3.74. The van der Waals surface area contributed by atoms with E-state index < -0.39 is 0 Å². The summed E-state index contributed by atoms with van der Waals surface area (Å²) in [6, 6.07) is 0. The number of hydrogen-bond acceptors (Lipinski definition) is 7. The Balaban J connectivity index is 1.36. The van der Waals surface area contributed by atoms with Crippen molar-refractivity contribution in [2.24, 2.45) is 0 Å².